The molecular weight excluding hydrogens is 340 g/mol. The number of anilines is 1. The summed E-state index contributed by atoms with van der Waals surface area (Å²) in [6, 6.07) is 19.3. The average Bonchev–Trinajstić information content (AvgIpc) is 3.32. The molecule has 5 aromatic rings. The number of aromatic amines is 1. The molecule has 1 amide bonds. The molecule has 0 aliphatic heterocycles. The lowest BCUT2D eigenvalue weighted by atomic mass is 10.1. The minimum atomic E-state index is -0.318. The molecule has 7 nitrogen and oxygen atoms in total. The van der Waals surface area contributed by atoms with Crippen molar-refractivity contribution in [1.82, 2.24) is 24.6 Å². The van der Waals surface area contributed by atoms with Gasteiger partial charge in [-0.15, -0.1) is 0 Å². The Morgan fingerprint density at radius 3 is 2.67 bits per heavy atom. The summed E-state index contributed by atoms with van der Waals surface area (Å²) >= 11 is 0. The fourth-order valence-electron chi connectivity index (χ4n) is 3.07. The minimum Gasteiger partial charge on any atom is -0.324 e. The van der Waals surface area contributed by atoms with Crippen molar-refractivity contribution < 1.29 is 4.79 Å². The molecule has 0 aliphatic rings. The molecule has 0 aliphatic carbocycles. The molecule has 7 heteroatoms. The van der Waals surface area contributed by atoms with E-state index in [1.807, 2.05) is 60.7 Å². The van der Waals surface area contributed by atoms with Crippen LogP contribution in [0.2, 0.25) is 0 Å². The molecule has 0 radical (unpaired) electrons. The van der Waals surface area contributed by atoms with Crippen LogP contribution in [0, 0.1) is 0 Å². The van der Waals surface area contributed by atoms with Gasteiger partial charge in [-0.25, -0.2) is 14.5 Å². The Balaban J connectivity index is 1.52. The second-order valence-electron chi connectivity index (χ2n) is 6.05. The number of carbonyl (C=O) groups is 1. The van der Waals surface area contributed by atoms with Crippen LogP contribution in [0.5, 0.6) is 0 Å². The van der Waals surface area contributed by atoms with Gasteiger partial charge in [-0.2, -0.15) is 5.10 Å². The Kier molecular flexibility index (Phi) is 3.43. The Bertz CT molecular complexity index is 1240. The molecule has 3 aromatic heterocycles. The predicted octanol–water partition coefficient (Wildman–Crippen LogP) is 3.52. The van der Waals surface area contributed by atoms with Crippen LogP contribution < -0.4 is 5.32 Å². The fraction of sp³-hybridized carbons (Fsp3) is 0. The van der Waals surface area contributed by atoms with Crippen molar-refractivity contribution in [2.24, 2.45) is 0 Å². The third-order valence-corrected chi connectivity index (χ3v) is 4.34. The number of hydrogen-bond donors (Lipinski definition) is 2. The fourth-order valence-corrected chi connectivity index (χ4v) is 3.07. The van der Waals surface area contributed by atoms with Crippen molar-refractivity contribution >= 4 is 28.5 Å². The van der Waals surface area contributed by atoms with Gasteiger partial charge in [0.05, 0.1) is 22.9 Å². The molecule has 0 unspecified atom stereocenters. The van der Waals surface area contributed by atoms with Crippen molar-refractivity contribution in [3.63, 3.8) is 0 Å². The molecule has 5 rings (SSSR count). The number of hydrogen-bond acceptors (Lipinski definition) is 4. The summed E-state index contributed by atoms with van der Waals surface area (Å²) in [4.78, 5) is 24.5. The molecule has 2 aromatic carbocycles. The maximum atomic E-state index is 12.7. The number of benzene rings is 2. The van der Waals surface area contributed by atoms with Gasteiger partial charge in [0, 0.05) is 11.8 Å². The third-order valence-electron chi connectivity index (χ3n) is 4.34. The van der Waals surface area contributed by atoms with E-state index >= 15 is 0 Å². The number of aromatic nitrogens is 5. The molecule has 0 spiro atoms. The van der Waals surface area contributed by atoms with Crippen molar-refractivity contribution in [2.45, 2.75) is 0 Å². The van der Waals surface area contributed by atoms with Gasteiger partial charge in [-0.1, -0.05) is 42.5 Å². The van der Waals surface area contributed by atoms with Gasteiger partial charge in [0.25, 0.3) is 5.91 Å². The zero-order chi connectivity index (χ0) is 18.2. The number of fused-ring (bicyclic) bond motifs is 2. The van der Waals surface area contributed by atoms with E-state index in [1.165, 1.54) is 6.20 Å². The summed E-state index contributed by atoms with van der Waals surface area (Å²) in [5.74, 6) is 0.0709. The average molecular weight is 354 g/mol. The highest BCUT2D eigenvalue weighted by Crippen LogP contribution is 2.21. The molecule has 130 valence electrons. The van der Waals surface area contributed by atoms with Gasteiger partial charge < -0.3 is 4.98 Å². The highest BCUT2D eigenvalue weighted by Gasteiger charge is 2.17. The van der Waals surface area contributed by atoms with Crippen LogP contribution in [-0.2, 0) is 0 Å². The van der Waals surface area contributed by atoms with Gasteiger partial charge in [0.1, 0.15) is 5.56 Å². The lowest BCUT2D eigenvalue weighted by Gasteiger charge is -2.05. The maximum Gasteiger partial charge on any atom is 0.263 e. The molecule has 27 heavy (non-hydrogen) atoms. The molecule has 0 saturated heterocycles. The van der Waals surface area contributed by atoms with Gasteiger partial charge >= 0.3 is 0 Å². The molecule has 0 atom stereocenters. The van der Waals surface area contributed by atoms with Crippen LogP contribution in [-0.4, -0.2) is 30.5 Å². The summed E-state index contributed by atoms with van der Waals surface area (Å²) in [6.45, 7) is 0. The number of rotatable bonds is 3. The first-order valence-corrected chi connectivity index (χ1v) is 8.44. The van der Waals surface area contributed by atoms with Crippen LogP contribution in [0.15, 0.2) is 73.1 Å². The molecule has 3 heterocycles. The van der Waals surface area contributed by atoms with E-state index in [0.717, 1.165) is 22.3 Å². The van der Waals surface area contributed by atoms with Crippen molar-refractivity contribution in [2.75, 3.05) is 5.32 Å². The first kappa shape index (κ1) is 15.3. The van der Waals surface area contributed by atoms with Crippen LogP contribution in [0.1, 0.15) is 10.4 Å². The number of amides is 1. The highest BCUT2D eigenvalue weighted by atomic mass is 16.1. The molecule has 0 saturated carbocycles. The number of para-hydroxylation sites is 2. The van der Waals surface area contributed by atoms with Gasteiger partial charge in [-0.05, 0) is 18.2 Å². The summed E-state index contributed by atoms with van der Waals surface area (Å²) in [5, 5.41) is 7.15. The number of carbonyl (C=O) groups excluding carboxylic acids is 1. The van der Waals surface area contributed by atoms with E-state index in [2.05, 4.69) is 25.4 Å². The zero-order valence-corrected chi connectivity index (χ0v) is 14.1. The van der Waals surface area contributed by atoms with Crippen LogP contribution in [0.4, 0.5) is 5.95 Å². The van der Waals surface area contributed by atoms with Crippen molar-refractivity contribution in [1.29, 1.82) is 0 Å². The SMILES string of the molecule is O=C(Nc1nc2ccccc2[nH]1)c1cnn2c(-c3ccccc3)ccnc12. The van der Waals surface area contributed by atoms with E-state index in [0.29, 0.717) is 17.2 Å². The van der Waals surface area contributed by atoms with Gasteiger partial charge in [0.15, 0.2) is 5.65 Å². The van der Waals surface area contributed by atoms with E-state index in [1.54, 1.807) is 10.7 Å². The third kappa shape index (κ3) is 2.62. The quantitative estimate of drug-likeness (QED) is 0.519. The normalized spacial score (nSPS) is 11.1. The Morgan fingerprint density at radius 1 is 1.00 bits per heavy atom. The van der Waals surface area contributed by atoms with E-state index < -0.39 is 0 Å². The second-order valence-corrected chi connectivity index (χ2v) is 6.05. The van der Waals surface area contributed by atoms with E-state index in [9.17, 15) is 4.79 Å². The summed E-state index contributed by atoms with van der Waals surface area (Å²) in [6.07, 6.45) is 3.20. The lowest BCUT2D eigenvalue weighted by Crippen LogP contribution is -2.13. The van der Waals surface area contributed by atoms with Crippen molar-refractivity contribution in [3.05, 3.63) is 78.6 Å². The molecule has 0 fully saturated rings. The number of nitrogens with zero attached hydrogens (tertiary/aromatic N) is 4. The first-order valence-electron chi connectivity index (χ1n) is 8.44. The summed E-state index contributed by atoms with van der Waals surface area (Å²) in [7, 11) is 0. The van der Waals surface area contributed by atoms with E-state index in [-0.39, 0.29) is 5.91 Å². The zero-order valence-electron chi connectivity index (χ0n) is 14.1. The number of imidazole rings is 1. The Hall–Kier alpha value is -4.00. The highest BCUT2D eigenvalue weighted by molar-refractivity contribution is 6.08. The Morgan fingerprint density at radius 2 is 1.81 bits per heavy atom. The van der Waals surface area contributed by atoms with Crippen molar-refractivity contribution in [3.8, 4) is 11.3 Å². The minimum absolute atomic E-state index is 0.318. The van der Waals surface area contributed by atoms with Crippen LogP contribution in [0.3, 0.4) is 0 Å². The predicted molar refractivity (Wildman–Crippen MR) is 102 cm³/mol. The number of H-pyrrole nitrogens is 1. The second kappa shape index (κ2) is 6.06. The maximum absolute atomic E-state index is 12.7. The van der Waals surface area contributed by atoms with Crippen LogP contribution in [0.25, 0.3) is 27.9 Å². The first-order chi connectivity index (χ1) is 13.3. The molecule has 0 bridgehead atoms. The largest absolute Gasteiger partial charge is 0.324 e. The topological polar surface area (TPSA) is 88.0 Å². The Labute approximate surface area is 153 Å². The monoisotopic (exact) mass is 354 g/mol. The summed E-state index contributed by atoms with van der Waals surface area (Å²) in [5.41, 5.74) is 4.38. The standard InChI is InChI=1S/C20H14N6O/c27-19(25-20-23-15-8-4-5-9-16(15)24-20)14-12-22-26-17(10-11-21-18(14)26)13-6-2-1-3-7-13/h1-12H,(H2,23,24,25,27). The van der Waals surface area contributed by atoms with Gasteiger partial charge in [-0.3, -0.25) is 10.1 Å². The molecule has 2 N–H and O–H groups in total. The summed E-state index contributed by atoms with van der Waals surface area (Å²) < 4.78 is 1.67. The smallest absolute Gasteiger partial charge is 0.263 e. The van der Waals surface area contributed by atoms with Crippen LogP contribution >= 0.6 is 0 Å². The molecular formula is C20H14N6O. The van der Waals surface area contributed by atoms with E-state index in [4.69, 9.17) is 0 Å². The number of nitrogens with one attached hydrogen (secondary N) is 2. The van der Waals surface area contributed by atoms with Gasteiger partial charge in [0.2, 0.25) is 5.95 Å². The lowest BCUT2D eigenvalue weighted by molar-refractivity contribution is 0.102.